The first-order valence-electron chi connectivity index (χ1n) is 13.5. The van der Waals surface area contributed by atoms with Gasteiger partial charge in [0.1, 0.15) is 24.1 Å². The van der Waals surface area contributed by atoms with Crippen LogP contribution in [0.15, 0.2) is 102 Å². The van der Waals surface area contributed by atoms with Gasteiger partial charge in [-0.05, 0) is 42.7 Å². The monoisotopic (exact) mass is 611 g/mol. The van der Waals surface area contributed by atoms with Crippen LogP contribution in [0.2, 0.25) is 0 Å². The number of carbonyl (C=O) groups is 3. The highest BCUT2D eigenvalue weighted by molar-refractivity contribution is 7.98. The van der Waals surface area contributed by atoms with E-state index in [-0.39, 0.29) is 17.7 Å². The molecule has 0 spiro atoms. The maximum atomic E-state index is 13.4. The zero-order valence-electron chi connectivity index (χ0n) is 23.3. The lowest BCUT2D eigenvalue weighted by Gasteiger charge is -2.24. The highest BCUT2D eigenvalue weighted by atomic mass is 32.2. The molecule has 4 unspecified atom stereocenters. The fourth-order valence-corrected chi connectivity index (χ4v) is 5.20. The van der Waals surface area contributed by atoms with Gasteiger partial charge in [-0.2, -0.15) is 4.68 Å². The second-order valence-corrected chi connectivity index (χ2v) is 10.4. The Balaban J connectivity index is 1.38. The number of fused-ring (bicyclic) bond motifs is 1. The summed E-state index contributed by atoms with van der Waals surface area (Å²) in [4.78, 5) is 48.1. The van der Waals surface area contributed by atoms with Gasteiger partial charge in [0.2, 0.25) is 0 Å². The topological polar surface area (TPSA) is 145 Å². The first kappa shape index (κ1) is 29.0. The van der Waals surface area contributed by atoms with E-state index >= 15 is 0 Å². The number of nitrogens with zero attached hydrogens (tertiary/aromatic N) is 5. The Kier molecular flexibility index (Phi) is 8.57. The number of hydrogen-bond donors (Lipinski definition) is 0. The number of carbonyl (C=O) groups excluding carboxylic acids is 3. The highest BCUT2D eigenvalue weighted by Crippen LogP contribution is 2.36. The standard InChI is InChI=1S/C31H25N5O7S/c1-44-27-23-26(32-18-33-27)36(35-34-23)28-25(43-31(39)21-15-9-4-10-16-21)24(42-30(38)20-13-7-3-8-14-20)22(41-28)17-40-29(37)19-11-5-2-6-12-19/h2-16,18,22,24-25,28H,17H2,1H3. The fourth-order valence-electron chi connectivity index (χ4n) is 4.72. The van der Waals surface area contributed by atoms with Crippen molar-refractivity contribution in [1.29, 1.82) is 0 Å². The van der Waals surface area contributed by atoms with Crippen LogP contribution in [0, 0.1) is 0 Å². The van der Waals surface area contributed by atoms with Crippen LogP contribution >= 0.6 is 11.8 Å². The summed E-state index contributed by atoms with van der Waals surface area (Å²) in [6, 6.07) is 25.1. The molecule has 3 heterocycles. The largest absolute Gasteiger partial charge is 0.459 e. The van der Waals surface area contributed by atoms with E-state index in [2.05, 4.69) is 20.3 Å². The molecule has 3 aromatic carbocycles. The average Bonchev–Trinajstić information content (AvgIpc) is 3.65. The van der Waals surface area contributed by atoms with Gasteiger partial charge >= 0.3 is 17.9 Å². The van der Waals surface area contributed by atoms with E-state index in [4.69, 9.17) is 18.9 Å². The molecule has 1 aliphatic rings. The van der Waals surface area contributed by atoms with Crippen molar-refractivity contribution < 1.29 is 33.3 Å². The van der Waals surface area contributed by atoms with Gasteiger partial charge in [0, 0.05) is 0 Å². The second kappa shape index (κ2) is 13.0. The molecule has 0 amide bonds. The third kappa shape index (κ3) is 6.00. The second-order valence-electron chi connectivity index (χ2n) is 9.59. The number of aromatic nitrogens is 5. The van der Waals surface area contributed by atoms with E-state index in [0.29, 0.717) is 21.8 Å². The van der Waals surface area contributed by atoms with Gasteiger partial charge in [0.25, 0.3) is 0 Å². The van der Waals surface area contributed by atoms with Gasteiger partial charge in [-0.1, -0.05) is 59.8 Å². The van der Waals surface area contributed by atoms with Crippen LogP contribution in [0.3, 0.4) is 0 Å². The average molecular weight is 612 g/mol. The Bertz CT molecular complexity index is 1770. The third-order valence-corrected chi connectivity index (χ3v) is 7.53. The Morgan fingerprint density at radius 3 is 1.89 bits per heavy atom. The Morgan fingerprint density at radius 2 is 1.32 bits per heavy atom. The summed E-state index contributed by atoms with van der Waals surface area (Å²) < 4.78 is 25.2. The van der Waals surface area contributed by atoms with Crippen molar-refractivity contribution in [3.8, 4) is 0 Å². The van der Waals surface area contributed by atoms with Crippen molar-refractivity contribution in [3.63, 3.8) is 0 Å². The van der Waals surface area contributed by atoms with E-state index < -0.39 is 42.4 Å². The molecule has 222 valence electrons. The molecule has 6 rings (SSSR count). The number of esters is 3. The number of ether oxygens (including phenoxy) is 4. The summed E-state index contributed by atoms with van der Waals surface area (Å²) in [6.45, 7) is -0.325. The highest BCUT2D eigenvalue weighted by Gasteiger charge is 2.52. The molecular formula is C31H25N5O7S. The molecule has 12 nitrogen and oxygen atoms in total. The maximum absolute atomic E-state index is 13.4. The molecule has 13 heteroatoms. The number of thioether (sulfide) groups is 1. The lowest BCUT2D eigenvalue weighted by Crippen LogP contribution is -2.41. The van der Waals surface area contributed by atoms with Crippen LogP contribution in [-0.4, -0.2) is 74.0 Å². The minimum Gasteiger partial charge on any atom is -0.459 e. The zero-order valence-corrected chi connectivity index (χ0v) is 24.1. The molecule has 44 heavy (non-hydrogen) atoms. The molecule has 0 aliphatic carbocycles. The molecule has 1 saturated heterocycles. The molecule has 0 N–H and O–H groups in total. The van der Waals surface area contributed by atoms with Crippen molar-refractivity contribution in [1.82, 2.24) is 25.0 Å². The van der Waals surface area contributed by atoms with Gasteiger partial charge in [-0.25, -0.2) is 24.4 Å². The van der Waals surface area contributed by atoms with Gasteiger partial charge < -0.3 is 18.9 Å². The molecule has 5 aromatic rings. The summed E-state index contributed by atoms with van der Waals surface area (Å²) in [5, 5.41) is 9.06. The van der Waals surface area contributed by atoms with Gasteiger partial charge in [-0.3, -0.25) is 0 Å². The van der Waals surface area contributed by atoms with Crippen molar-refractivity contribution in [2.75, 3.05) is 12.9 Å². The van der Waals surface area contributed by atoms with E-state index in [1.54, 1.807) is 91.0 Å². The van der Waals surface area contributed by atoms with Crippen LogP contribution < -0.4 is 0 Å². The zero-order chi connectivity index (χ0) is 30.5. The van der Waals surface area contributed by atoms with Crippen molar-refractivity contribution in [3.05, 3.63) is 114 Å². The first-order chi connectivity index (χ1) is 21.5. The summed E-state index contributed by atoms with van der Waals surface area (Å²) in [5.74, 6) is -1.97. The van der Waals surface area contributed by atoms with Gasteiger partial charge in [0.05, 0.1) is 16.7 Å². The van der Waals surface area contributed by atoms with Crippen LogP contribution in [0.5, 0.6) is 0 Å². The summed E-state index contributed by atoms with van der Waals surface area (Å²) in [6.07, 6.45) is -1.48. The van der Waals surface area contributed by atoms with Crippen molar-refractivity contribution in [2.24, 2.45) is 0 Å². The lowest BCUT2D eigenvalue weighted by atomic mass is 10.1. The molecule has 0 saturated carbocycles. The molecule has 0 radical (unpaired) electrons. The predicted octanol–water partition coefficient (Wildman–Crippen LogP) is 4.15. The van der Waals surface area contributed by atoms with E-state index in [0.717, 1.165) is 0 Å². The summed E-state index contributed by atoms with van der Waals surface area (Å²) in [5.41, 5.74) is 1.59. The normalized spacial score (nSPS) is 19.4. The van der Waals surface area contributed by atoms with Crippen LogP contribution in [0.4, 0.5) is 0 Å². The maximum Gasteiger partial charge on any atom is 0.338 e. The summed E-state index contributed by atoms with van der Waals surface area (Å²) in [7, 11) is 0. The van der Waals surface area contributed by atoms with Crippen molar-refractivity contribution in [2.45, 2.75) is 29.6 Å². The predicted molar refractivity (Wildman–Crippen MR) is 157 cm³/mol. The molecule has 1 fully saturated rings. The Labute approximate surface area is 255 Å². The quantitative estimate of drug-likeness (QED) is 0.102. The number of hydrogen-bond acceptors (Lipinski definition) is 12. The molecule has 4 atom stereocenters. The number of rotatable bonds is 9. The van der Waals surface area contributed by atoms with E-state index in [9.17, 15) is 14.4 Å². The molecule has 0 bridgehead atoms. The summed E-state index contributed by atoms with van der Waals surface area (Å²) >= 11 is 1.36. The SMILES string of the molecule is CSc1ncnc2c1nnn2C1OC(COC(=O)c2ccccc2)C(OC(=O)c2ccccc2)C1OC(=O)c1ccccc1. The van der Waals surface area contributed by atoms with Crippen LogP contribution in [0.1, 0.15) is 37.3 Å². The van der Waals surface area contributed by atoms with Crippen LogP contribution in [-0.2, 0) is 18.9 Å². The van der Waals surface area contributed by atoms with Gasteiger partial charge in [0.15, 0.2) is 29.6 Å². The van der Waals surface area contributed by atoms with Crippen LogP contribution in [0.25, 0.3) is 11.2 Å². The lowest BCUT2D eigenvalue weighted by molar-refractivity contribution is -0.0661. The smallest absolute Gasteiger partial charge is 0.338 e. The molecule has 1 aliphatic heterocycles. The fraction of sp³-hybridized carbons (Fsp3) is 0.194. The van der Waals surface area contributed by atoms with E-state index in [1.165, 1.54) is 22.8 Å². The minimum absolute atomic E-state index is 0.271. The van der Waals surface area contributed by atoms with Gasteiger partial charge in [-0.15, -0.1) is 16.9 Å². The number of benzene rings is 3. The Morgan fingerprint density at radius 1 is 0.773 bits per heavy atom. The Hall–Kier alpha value is -5.14. The molecule has 2 aromatic heterocycles. The molecular weight excluding hydrogens is 586 g/mol. The minimum atomic E-state index is -1.24. The van der Waals surface area contributed by atoms with Crippen molar-refractivity contribution >= 4 is 40.8 Å². The first-order valence-corrected chi connectivity index (χ1v) is 14.8. The third-order valence-electron chi connectivity index (χ3n) is 6.84. The van der Waals surface area contributed by atoms with E-state index in [1.807, 2.05) is 6.26 Å².